The summed E-state index contributed by atoms with van der Waals surface area (Å²) in [4.78, 5) is 28.9. The quantitative estimate of drug-likeness (QED) is 0.245. The fourth-order valence-electron chi connectivity index (χ4n) is 5.69. The Hall–Kier alpha value is -3.86. The molecule has 1 fully saturated rings. The lowest BCUT2D eigenvalue weighted by atomic mass is 10.1. The number of hydrogen-bond acceptors (Lipinski definition) is 6. The van der Waals surface area contributed by atoms with Gasteiger partial charge in [-0.1, -0.05) is 42.0 Å². The van der Waals surface area contributed by atoms with E-state index in [2.05, 4.69) is 0 Å². The van der Waals surface area contributed by atoms with Crippen molar-refractivity contribution in [3.05, 3.63) is 111 Å². The van der Waals surface area contributed by atoms with E-state index >= 15 is 0 Å². The second kappa shape index (κ2) is 12.8. The minimum Gasteiger partial charge on any atom is -0.464 e. The van der Waals surface area contributed by atoms with Gasteiger partial charge in [-0.25, -0.2) is 12.8 Å². The molecule has 2 heterocycles. The number of carbonyl (C=O) groups is 1. The van der Waals surface area contributed by atoms with Crippen LogP contribution in [0.25, 0.3) is 11.0 Å². The van der Waals surface area contributed by atoms with Crippen LogP contribution in [-0.2, 0) is 32.6 Å². The summed E-state index contributed by atoms with van der Waals surface area (Å²) in [7, 11) is -4.11. The molecule has 3 aromatic carbocycles. The van der Waals surface area contributed by atoms with E-state index in [0.717, 1.165) is 12.0 Å². The van der Waals surface area contributed by atoms with Gasteiger partial charge in [0.2, 0.25) is 15.9 Å². The maximum Gasteiger partial charge on any atom is 0.244 e. The highest BCUT2D eigenvalue weighted by atomic mass is 32.2. The normalized spacial score (nSPS) is 15.3. The molecule has 0 aliphatic carbocycles. The number of fused-ring (bicyclic) bond motifs is 1. The van der Waals surface area contributed by atoms with Crippen molar-refractivity contribution in [1.29, 1.82) is 0 Å². The first-order valence-corrected chi connectivity index (χ1v) is 15.7. The third-order valence-corrected chi connectivity index (χ3v) is 9.82. The van der Waals surface area contributed by atoms with Gasteiger partial charge in [0.25, 0.3) is 0 Å². The Labute approximate surface area is 250 Å². The zero-order valence-electron chi connectivity index (χ0n) is 24.5. The first-order chi connectivity index (χ1) is 20.5. The number of carbonyl (C=O) groups excluding carboxylic acids is 1. The Morgan fingerprint density at radius 1 is 1.00 bits per heavy atom. The molecule has 1 aliphatic rings. The average molecular weight is 607 g/mol. The number of hydrogen-bond donors (Lipinski definition) is 0. The van der Waals surface area contributed by atoms with Gasteiger partial charge in [-0.2, -0.15) is 4.31 Å². The first kappa shape index (κ1) is 30.6. The topological polar surface area (TPSA) is 97.1 Å². The molecule has 0 saturated carbocycles. The third-order valence-electron chi connectivity index (χ3n) is 7.70. The standard InChI is InChI=1S/C33H35FN2O6S/c1-22-15-23(2)33(24(3)16-22)43(39,40)36(19-28-7-6-14-41-28)20-31(37)35(17-25-10-12-27(34)13-11-25)18-26-21-42-30-9-5-4-8-29(30)32(26)38/h4-5,8-13,15-16,21,28H,6-7,14,17-20H2,1-3H3/t28-/m0/s1. The van der Waals surface area contributed by atoms with E-state index in [0.29, 0.717) is 40.7 Å². The Morgan fingerprint density at radius 3 is 2.37 bits per heavy atom. The zero-order chi connectivity index (χ0) is 30.7. The van der Waals surface area contributed by atoms with Gasteiger partial charge >= 0.3 is 0 Å². The van der Waals surface area contributed by atoms with Gasteiger partial charge in [0.05, 0.1) is 41.3 Å². The summed E-state index contributed by atoms with van der Waals surface area (Å²) < 4.78 is 54.7. The smallest absolute Gasteiger partial charge is 0.244 e. The monoisotopic (exact) mass is 606 g/mol. The fourth-order valence-corrected chi connectivity index (χ4v) is 7.52. The second-order valence-corrected chi connectivity index (χ2v) is 13.0. The molecule has 1 aromatic heterocycles. The summed E-state index contributed by atoms with van der Waals surface area (Å²) in [5.41, 5.74) is 3.14. The van der Waals surface area contributed by atoms with Crippen molar-refractivity contribution in [3.63, 3.8) is 0 Å². The molecule has 4 aromatic rings. The molecular weight excluding hydrogens is 571 g/mol. The molecule has 1 amide bonds. The molecular formula is C33H35FN2O6S. The van der Waals surface area contributed by atoms with E-state index in [1.807, 2.05) is 19.1 Å². The van der Waals surface area contributed by atoms with E-state index < -0.39 is 28.3 Å². The summed E-state index contributed by atoms with van der Waals surface area (Å²) in [6.45, 7) is 5.39. The van der Waals surface area contributed by atoms with Crippen LogP contribution in [-0.4, -0.2) is 49.3 Å². The maximum atomic E-state index is 14.2. The number of sulfonamides is 1. The van der Waals surface area contributed by atoms with Crippen LogP contribution in [0.1, 0.15) is 40.7 Å². The molecule has 8 nitrogen and oxygen atoms in total. The zero-order valence-corrected chi connectivity index (χ0v) is 25.3. The Morgan fingerprint density at radius 2 is 1.70 bits per heavy atom. The summed E-state index contributed by atoms with van der Waals surface area (Å²) in [6.07, 6.45) is 2.48. The van der Waals surface area contributed by atoms with Crippen molar-refractivity contribution in [3.8, 4) is 0 Å². The van der Waals surface area contributed by atoms with Crippen molar-refractivity contribution in [1.82, 2.24) is 9.21 Å². The molecule has 0 radical (unpaired) electrons. The Kier molecular flexibility index (Phi) is 9.10. The molecule has 0 spiro atoms. The van der Waals surface area contributed by atoms with Crippen molar-refractivity contribution < 1.29 is 26.8 Å². The number of halogens is 1. The highest BCUT2D eigenvalue weighted by molar-refractivity contribution is 7.89. The predicted octanol–water partition coefficient (Wildman–Crippen LogP) is 5.26. The molecule has 1 atom stereocenters. The largest absolute Gasteiger partial charge is 0.464 e. The van der Waals surface area contributed by atoms with Crippen LogP contribution in [0.5, 0.6) is 0 Å². The third kappa shape index (κ3) is 6.87. The van der Waals surface area contributed by atoms with Gasteiger partial charge in [0.15, 0.2) is 5.43 Å². The second-order valence-electron chi connectivity index (χ2n) is 11.1. The van der Waals surface area contributed by atoms with E-state index in [9.17, 15) is 22.4 Å². The molecule has 1 aliphatic heterocycles. The highest BCUT2D eigenvalue weighted by Crippen LogP contribution is 2.27. The van der Waals surface area contributed by atoms with Gasteiger partial charge in [0, 0.05) is 19.7 Å². The molecule has 0 unspecified atom stereocenters. The van der Waals surface area contributed by atoms with Gasteiger partial charge < -0.3 is 14.1 Å². The average Bonchev–Trinajstić information content (AvgIpc) is 3.47. The summed E-state index contributed by atoms with van der Waals surface area (Å²) in [5.74, 6) is -0.935. The lowest BCUT2D eigenvalue weighted by Crippen LogP contribution is -2.45. The molecule has 5 rings (SSSR count). The van der Waals surface area contributed by atoms with Crippen LogP contribution >= 0.6 is 0 Å². The van der Waals surface area contributed by atoms with Crippen LogP contribution in [0.3, 0.4) is 0 Å². The predicted molar refractivity (Wildman–Crippen MR) is 162 cm³/mol. The van der Waals surface area contributed by atoms with E-state index in [4.69, 9.17) is 9.15 Å². The van der Waals surface area contributed by atoms with Crippen molar-refractivity contribution in [2.45, 2.75) is 57.7 Å². The van der Waals surface area contributed by atoms with Crippen LogP contribution in [0.15, 0.2) is 81.0 Å². The SMILES string of the molecule is Cc1cc(C)c(S(=O)(=O)N(CC(=O)N(Cc2ccc(F)cc2)Cc2coc3ccccc3c2=O)C[C@@H]2CCCO2)c(C)c1. The molecule has 0 bridgehead atoms. The Balaban J connectivity index is 1.51. The van der Waals surface area contributed by atoms with Crippen molar-refractivity contribution >= 4 is 26.9 Å². The van der Waals surface area contributed by atoms with Crippen molar-refractivity contribution in [2.75, 3.05) is 19.7 Å². The maximum absolute atomic E-state index is 14.2. The molecule has 43 heavy (non-hydrogen) atoms. The first-order valence-electron chi connectivity index (χ1n) is 14.2. The van der Waals surface area contributed by atoms with Gasteiger partial charge in [-0.05, 0) is 74.6 Å². The number of ether oxygens (including phenoxy) is 1. The molecule has 226 valence electrons. The molecule has 10 heteroatoms. The minimum absolute atomic E-state index is 0.0172. The van der Waals surface area contributed by atoms with E-state index in [1.54, 1.807) is 50.2 Å². The summed E-state index contributed by atoms with van der Waals surface area (Å²) in [5, 5.41) is 0.377. The number of para-hydroxylation sites is 1. The highest BCUT2D eigenvalue weighted by Gasteiger charge is 2.34. The van der Waals surface area contributed by atoms with Crippen molar-refractivity contribution in [2.24, 2.45) is 0 Å². The van der Waals surface area contributed by atoms with Crippen LogP contribution in [0, 0.1) is 26.6 Å². The van der Waals surface area contributed by atoms with Crippen LogP contribution in [0.4, 0.5) is 4.39 Å². The minimum atomic E-state index is -4.11. The lowest BCUT2D eigenvalue weighted by Gasteiger charge is -2.29. The number of amides is 1. The molecule has 1 saturated heterocycles. The number of benzene rings is 3. The van der Waals surface area contributed by atoms with E-state index in [-0.39, 0.29) is 41.6 Å². The van der Waals surface area contributed by atoms with E-state index in [1.165, 1.54) is 27.6 Å². The van der Waals surface area contributed by atoms with Gasteiger partial charge in [-0.15, -0.1) is 0 Å². The van der Waals surface area contributed by atoms with Crippen LogP contribution in [0.2, 0.25) is 0 Å². The Bertz CT molecular complexity index is 1770. The van der Waals surface area contributed by atoms with Crippen LogP contribution < -0.4 is 5.43 Å². The molecule has 0 N–H and O–H groups in total. The summed E-state index contributed by atoms with van der Waals surface area (Å²) >= 11 is 0. The lowest BCUT2D eigenvalue weighted by molar-refractivity contribution is -0.132. The number of aryl methyl sites for hydroxylation is 3. The fraction of sp³-hybridized carbons (Fsp3) is 0.333. The number of nitrogens with zero attached hydrogens (tertiary/aromatic N) is 2. The van der Waals surface area contributed by atoms with Gasteiger partial charge in [-0.3, -0.25) is 9.59 Å². The van der Waals surface area contributed by atoms with Gasteiger partial charge in [0.1, 0.15) is 11.4 Å². The summed E-state index contributed by atoms with van der Waals surface area (Å²) in [6, 6.07) is 16.1. The number of rotatable bonds is 10.